The summed E-state index contributed by atoms with van der Waals surface area (Å²) in [6, 6.07) is 8.33. The Labute approximate surface area is 131 Å². The summed E-state index contributed by atoms with van der Waals surface area (Å²) in [6.45, 7) is 0. The van der Waals surface area contributed by atoms with Gasteiger partial charge in [-0.05, 0) is 47.5 Å². The van der Waals surface area contributed by atoms with Crippen molar-refractivity contribution in [3.05, 3.63) is 58.9 Å². The first-order valence-corrected chi connectivity index (χ1v) is 6.49. The Morgan fingerprint density at radius 3 is 2.13 bits per heavy atom. The molecule has 0 aliphatic carbocycles. The summed E-state index contributed by atoms with van der Waals surface area (Å²) < 4.78 is 49.7. The maximum Gasteiger partial charge on any atom is 0.194 e. The minimum atomic E-state index is -1.55. The third-order valence-corrected chi connectivity index (χ3v) is 3.13. The molecule has 6 heteroatoms. The number of ether oxygens (including phenoxy) is 2. The van der Waals surface area contributed by atoms with Crippen LogP contribution in [0.2, 0.25) is 0 Å². The number of allylic oxidation sites excluding steroid dienone is 1. The molecule has 0 aliphatic heterocycles. The molecule has 2 rings (SSSR count). The summed E-state index contributed by atoms with van der Waals surface area (Å²) >= 11 is 0. The monoisotopic (exact) mass is 319 g/mol. The van der Waals surface area contributed by atoms with Gasteiger partial charge in [-0.1, -0.05) is 0 Å². The number of rotatable bonds is 4. The first-order valence-electron chi connectivity index (χ1n) is 6.49. The molecule has 118 valence electrons. The molecule has 0 bridgehead atoms. The molecule has 0 atom stereocenters. The maximum atomic E-state index is 13.3. The van der Waals surface area contributed by atoms with Crippen LogP contribution in [-0.2, 0) is 0 Å². The standard InChI is InChI=1S/C17H12F3NO2/c1-22-15-4-3-11(8-16(15)23-2)12(9-21)5-10-6-13(18)17(20)14(19)7-10/h3-8H,1-2H3. The molecule has 23 heavy (non-hydrogen) atoms. The number of methoxy groups -OCH3 is 2. The summed E-state index contributed by atoms with van der Waals surface area (Å²) in [5.41, 5.74) is 0.638. The SMILES string of the molecule is COc1ccc(C(C#N)=Cc2cc(F)c(F)c(F)c2)cc1OC. The zero-order valence-electron chi connectivity index (χ0n) is 12.4. The molecule has 2 aromatic rings. The zero-order valence-corrected chi connectivity index (χ0v) is 12.4. The second-order valence-corrected chi connectivity index (χ2v) is 4.54. The molecular weight excluding hydrogens is 307 g/mol. The van der Waals surface area contributed by atoms with Crippen molar-refractivity contribution in [3.63, 3.8) is 0 Å². The largest absolute Gasteiger partial charge is 0.493 e. The fourth-order valence-corrected chi connectivity index (χ4v) is 2.01. The van der Waals surface area contributed by atoms with Crippen molar-refractivity contribution in [1.82, 2.24) is 0 Å². The van der Waals surface area contributed by atoms with Crippen molar-refractivity contribution in [1.29, 1.82) is 5.26 Å². The van der Waals surface area contributed by atoms with Crippen LogP contribution in [0.3, 0.4) is 0 Å². The summed E-state index contributed by atoms with van der Waals surface area (Å²) in [7, 11) is 2.92. The van der Waals surface area contributed by atoms with Crippen molar-refractivity contribution in [2.75, 3.05) is 14.2 Å². The average Bonchev–Trinajstić information content (AvgIpc) is 2.56. The molecular formula is C17H12F3NO2. The van der Waals surface area contributed by atoms with E-state index in [9.17, 15) is 18.4 Å². The van der Waals surface area contributed by atoms with Gasteiger partial charge in [0.2, 0.25) is 0 Å². The summed E-state index contributed by atoms with van der Waals surface area (Å²) in [4.78, 5) is 0. The minimum absolute atomic E-state index is 0.0349. The molecule has 0 aliphatic rings. The first-order chi connectivity index (χ1) is 11.0. The smallest absolute Gasteiger partial charge is 0.194 e. The molecule has 0 N–H and O–H groups in total. The molecule has 0 spiro atoms. The van der Waals surface area contributed by atoms with E-state index in [-0.39, 0.29) is 11.1 Å². The predicted octanol–water partition coefficient (Wildman–Crippen LogP) is 4.19. The number of hydrogen-bond acceptors (Lipinski definition) is 3. The van der Waals surface area contributed by atoms with Gasteiger partial charge < -0.3 is 9.47 Å². The van der Waals surface area contributed by atoms with Gasteiger partial charge in [-0.15, -0.1) is 0 Å². The van der Waals surface area contributed by atoms with E-state index in [0.717, 1.165) is 12.1 Å². The van der Waals surface area contributed by atoms with Crippen LogP contribution in [0.4, 0.5) is 13.2 Å². The van der Waals surface area contributed by atoms with E-state index in [2.05, 4.69) is 0 Å². The van der Waals surface area contributed by atoms with Gasteiger partial charge in [0, 0.05) is 0 Å². The molecule has 0 saturated carbocycles. The topological polar surface area (TPSA) is 42.2 Å². The van der Waals surface area contributed by atoms with Crippen LogP contribution in [0.25, 0.3) is 11.6 Å². The van der Waals surface area contributed by atoms with Gasteiger partial charge in [0.05, 0.1) is 25.9 Å². The summed E-state index contributed by atoms with van der Waals surface area (Å²) in [5, 5.41) is 9.27. The fraction of sp³-hybridized carbons (Fsp3) is 0.118. The van der Waals surface area contributed by atoms with Crippen LogP contribution in [0, 0.1) is 28.8 Å². The first kappa shape index (κ1) is 16.4. The molecule has 2 aromatic carbocycles. The van der Waals surface area contributed by atoms with Crippen molar-refractivity contribution in [2.24, 2.45) is 0 Å². The second kappa shape index (κ2) is 6.88. The minimum Gasteiger partial charge on any atom is -0.493 e. The van der Waals surface area contributed by atoms with E-state index < -0.39 is 17.5 Å². The van der Waals surface area contributed by atoms with Gasteiger partial charge >= 0.3 is 0 Å². The number of nitrogens with zero attached hydrogens (tertiary/aromatic N) is 1. The Hall–Kier alpha value is -2.94. The molecule has 0 heterocycles. The average molecular weight is 319 g/mol. The number of nitriles is 1. The predicted molar refractivity (Wildman–Crippen MR) is 79.3 cm³/mol. The highest BCUT2D eigenvalue weighted by molar-refractivity contribution is 5.90. The Balaban J connectivity index is 2.50. The van der Waals surface area contributed by atoms with Gasteiger partial charge in [0.15, 0.2) is 29.0 Å². The van der Waals surface area contributed by atoms with E-state index in [1.807, 2.05) is 6.07 Å². The van der Waals surface area contributed by atoms with E-state index >= 15 is 0 Å². The van der Waals surface area contributed by atoms with Crippen LogP contribution in [0.5, 0.6) is 11.5 Å². The molecule has 0 aromatic heterocycles. The second-order valence-electron chi connectivity index (χ2n) is 4.54. The normalized spacial score (nSPS) is 11.0. The van der Waals surface area contributed by atoms with Gasteiger partial charge in [-0.2, -0.15) is 5.26 Å². The third kappa shape index (κ3) is 3.46. The van der Waals surface area contributed by atoms with E-state index in [0.29, 0.717) is 17.1 Å². The van der Waals surface area contributed by atoms with E-state index in [4.69, 9.17) is 9.47 Å². The lowest BCUT2D eigenvalue weighted by atomic mass is 10.0. The number of hydrogen-bond donors (Lipinski definition) is 0. The highest BCUT2D eigenvalue weighted by Gasteiger charge is 2.12. The third-order valence-electron chi connectivity index (χ3n) is 3.13. The van der Waals surface area contributed by atoms with Crippen LogP contribution < -0.4 is 9.47 Å². The fourth-order valence-electron chi connectivity index (χ4n) is 2.01. The highest BCUT2D eigenvalue weighted by Crippen LogP contribution is 2.31. The van der Waals surface area contributed by atoms with Crippen molar-refractivity contribution < 1.29 is 22.6 Å². The van der Waals surface area contributed by atoms with E-state index in [1.54, 1.807) is 18.2 Å². The Morgan fingerprint density at radius 2 is 1.61 bits per heavy atom. The van der Waals surface area contributed by atoms with Gasteiger partial charge in [-0.3, -0.25) is 0 Å². The number of benzene rings is 2. The quantitative estimate of drug-likeness (QED) is 0.482. The zero-order chi connectivity index (χ0) is 17.0. The Kier molecular flexibility index (Phi) is 4.91. The summed E-state index contributed by atoms with van der Waals surface area (Å²) in [5.74, 6) is -3.30. The van der Waals surface area contributed by atoms with E-state index in [1.165, 1.54) is 20.3 Å². The molecule has 0 saturated heterocycles. The highest BCUT2D eigenvalue weighted by atomic mass is 19.2. The lowest BCUT2D eigenvalue weighted by Crippen LogP contribution is -1.93. The lowest BCUT2D eigenvalue weighted by molar-refractivity contribution is 0.355. The molecule has 0 radical (unpaired) electrons. The van der Waals surface area contributed by atoms with Gasteiger partial charge in [-0.25, -0.2) is 13.2 Å². The lowest BCUT2D eigenvalue weighted by Gasteiger charge is -2.09. The Bertz CT molecular complexity index is 787. The van der Waals surface area contributed by atoms with Crippen LogP contribution in [0.15, 0.2) is 30.3 Å². The van der Waals surface area contributed by atoms with Crippen LogP contribution in [-0.4, -0.2) is 14.2 Å². The van der Waals surface area contributed by atoms with Crippen molar-refractivity contribution >= 4 is 11.6 Å². The maximum absolute atomic E-state index is 13.3. The Morgan fingerprint density at radius 1 is 1.00 bits per heavy atom. The molecule has 0 amide bonds. The molecule has 0 unspecified atom stereocenters. The van der Waals surface area contributed by atoms with Crippen LogP contribution >= 0.6 is 0 Å². The summed E-state index contributed by atoms with van der Waals surface area (Å²) in [6.07, 6.45) is 1.26. The van der Waals surface area contributed by atoms with Gasteiger partial charge in [0.1, 0.15) is 0 Å². The van der Waals surface area contributed by atoms with Crippen molar-refractivity contribution in [3.8, 4) is 17.6 Å². The number of halogens is 3. The van der Waals surface area contributed by atoms with Gasteiger partial charge in [0.25, 0.3) is 0 Å². The molecule has 0 fully saturated rings. The van der Waals surface area contributed by atoms with Crippen molar-refractivity contribution in [2.45, 2.75) is 0 Å². The van der Waals surface area contributed by atoms with Crippen LogP contribution in [0.1, 0.15) is 11.1 Å². The molecule has 3 nitrogen and oxygen atoms in total.